The molecule has 0 fully saturated rings. The minimum absolute atomic E-state index is 0.140. The van der Waals surface area contributed by atoms with Crippen LogP contribution in [0.4, 0.5) is 5.69 Å². The SMILES string of the molecule is Nc1ccccc1OCCCCC#Cc1cc(-c2nc(C(=O)O)co2)ccn1. The fourth-order valence-electron chi connectivity index (χ4n) is 2.40. The summed E-state index contributed by atoms with van der Waals surface area (Å²) in [7, 11) is 0. The number of carbonyl (C=O) groups is 1. The minimum Gasteiger partial charge on any atom is -0.491 e. The third-order valence-electron chi connectivity index (χ3n) is 3.82. The normalized spacial score (nSPS) is 10.1. The molecule has 7 nitrogen and oxygen atoms in total. The highest BCUT2D eigenvalue weighted by Crippen LogP contribution is 2.20. The Labute approximate surface area is 162 Å². The van der Waals surface area contributed by atoms with Crippen LogP contribution in [-0.4, -0.2) is 27.7 Å². The average molecular weight is 377 g/mol. The number of benzene rings is 1. The molecule has 3 aromatic rings. The number of ether oxygens (including phenoxy) is 1. The van der Waals surface area contributed by atoms with Crippen LogP contribution in [0.1, 0.15) is 35.4 Å². The van der Waals surface area contributed by atoms with Gasteiger partial charge < -0.3 is 20.0 Å². The number of oxazole rings is 1. The van der Waals surface area contributed by atoms with Crippen LogP contribution in [0.3, 0.4) is 0 Å². The number of aromatic nitrogens is 2. The topological polar surface area (TPSA) is 111 Å². The quantitative estimate of drug-likeness (QED) is 0.367. The van der Waals surface area contributed by atoms with Crippen LogP contribution in [0, 0.1) is 11.8 Å². The van der Waals surface area contributed by atoms with Gasteiger partial charge in [0.15, 0.2) is 5.69 Å². The number of para-hydroxylation sites is 2. The molecule has 3 N–H and O–H groups in total. The third-order valence-corrected chi connectivity index (χ3v) is 3.82. The maximum absolute atomic E-state index is 10.9. The van der Waals surface area contributed by atoms with E-state index in [9.17, 15) is 4.79 Å². The smallest absolute Gasteiger partial charge is 0.357 e. The molecule has 0 radical (unpaired) electrons. The second-order valence-electron chi connectivity index (χ2n) is 5.92. The predicted octanol–water partition coefficient (Wildman–Crippen LogP) is 3.62. The molecule has 0 saturated carbocycles. The molecule has 3 rings (SSSR count). The Bertz CT molecular complexity index is 1020. The van der Waals surface area contributed by atoms with E-state index >= 15 is 0 Å². The van der Waals surface area contributed by atoms with Gasteiger partial charge in [-0.3, -0.25) is 0 Å². The van der Waals surface area contributed by atoms with E-state index in [1.54, 1.807) is 18.3 Å². The van der Waals surface area contributed by atoms with Crippen LogP contribution in [0.5, 0.6) is 5.75 Å². The van der Waals surface area contributed by atoms with Gasteiger partial charge in [0.05, 0.1) is 12.3 Å². The highest BCUT2D eigenvalue weighted by atomic mass is 16.5. The van der Waals surface area contributed by atoms with Crippen molar-refractivity contribution in [1.82, 2.24) is 9.97 Å². The van der Waals surface area contributed by atoms with Gasteiger partial charge in [0, 0.05) is 18.2 Å². The van der Waals surface area contributed by atoms with E-state index in [2.05, 4.69) is 21.8 Å². The first-order valence-corrected chi connectivity index (χ1v) is 8.75. The molecule has 0 aliphatic heterocycles. The van der Waals surface area contributed by atoms with E-state index in [1.807, 2.05) is 24.3 Å². The number of pyridine rings is 1. The summed E-state index contributed by atoms with van der Waals surface area (Å²) in [4.78, 5) is 19.0. The third kappa shape index (κ3) is 5.11. The molecule has 0 bridgehead atoms. The summed E-state index contributed by atoms with van der Waals surface area (Å²) in [5.41, 5.74) is 7.51. The van der Waals surface area contributed by atoms with Crippen LogP contribution < -0.4 is 10.5 Å². The van der Waals surface area contributed by atoms with E-state index in [0.717, 1.165) is 19.1 Å². The average Bonchev–Trinajstić information content (AvgIpc) is 3.19. The van der Waals surface area contributed by atoms with Crippen molar-refractivity contribution in [2.24, 2.45) is 0 Å². The molecule has 2 aromatic heterocycles. The molecule has 142 valence electrons. The molecule has 0 amide bonds. The van der Waals surface area contributed by atoms with Crippen molar-refractivity contribution in [3.05, 3.63) is 60.2 Å². The Balaban J connectivity index is 1.48. The van der Waals surface area contributed by atoms with Gasteiger partial charge in [0.1, 0.15) is 17.7 Å². The van der Waals surface area contributed by atoms with Gasteiger partial charge >= 0.3 is 5.97 Å². The van der Waals surface area contributed by atoms with Gasteiger partial charge in [-0.2, -0.15) is 0 Å². The monoisotopic (exact) mass is 377 g/mol. The summed E-state index contributed by atoms with van der Waals surface area (Å²) in [5.74, 6) is 5.86. The summed E-state index contributed by atoms with van der Waals surface area (Å²) >= 11 is 0. The Morgan fingerprint density at radius 3 is 2.89 bits per heavy atom. The summed E-state index contributed by atoms with van der Waals surface area (Å²) in [6.45, 7) is 0.583. The lowest BCUT2D eigenvalue weighted by atomic mass is 10.2. The van der Waals surface area contributed by atoms with Crippen molar-refractivity contribution >= 4 is 11.7 Å². The molecular formula is C21H19N3O4. The number of aromatic carboxylic acids is 1. The Hall–Kier alpha value is -3.79. The molecule has 7 heteroatoms. The number of rotatable bonds is 7. The van der Waals surface area contributed by atoms with Crippen LogP contribution >= 0.6 is 0 Å². The van der Waals surface area contributed by atoms with Gasteiger partial charge in [-0.15, -0.1) is 0 Å². The summed E-state index contributed by atoms with van der Waals surface area (Å²) in [6.07, 6.45) is 5.16. The number of hydrogen-bond donors (Lipinski definition) is 2. The minimum atomic E-state index is -1.14. The summed E-state index contributed by atoms with van der Waals surface area (Å²) in [5, 5.41) is 8.91. The fourth-order valence-corrected chi connectivity index (χ4v) is 2.40. The Kier molecular flexibility index (Phi) is 6.26. The van der Waals surface area contributed by atoms with Crippen LogP contribution in [0.2, 0.25) is 0 Å². The van der Waals surface area contributed by atoms with E-state index in [0.29, 0.717) is 35.7 Å². The first kappa shape index (κ1) is 19.0. The lowest BCUT2D eigenvalue weighted by Crippen LogP contribution is -1.99. The van der Waals surface area contributed by atoms with Gasteiger partial charge in [0.2, 0.25) is 5.89 Å². The van der Waals surface area contributed by atoms with Gasteiger partial charge in [-0.25, -0.2) is 14.8 Å². The first-order chi connectivity index (χ1) is 13.6. The molecular weight excluding hydrogens is 358 g/mol. The van der Waals surface area contributed by atoms with Crippen molar-refractivity contribution in [3.63, 3.8) is 0 Å². The van der Waals surface area contributed by atoms with Gasteiger partial charge in [-0.1, -0.05) is 18.1 Å². The van der Waals surface area contributed by atoms with Crippen LogP contribution in [-0.2, 0) is 0 Å². The zero-order valence-electron chi connectivity index (χ0n) is 15.1. The van der Waals surface area contributed by atoms with Gasteiger partial charge in [0.25, 0.3) is 0 Å². The lowest BCUT2D eigenvalue weighted by molar-refractivity contribution is 0.0690. The Morgan fingerprint density at radius 1 is 1.25 bits per heavy atom. The summed E-state index contributed by atoms with van der Waals surface area (Å²) < 4.78 is 10.8. The number of unbranched alkanes of at least 4 members (excludes halogenated alkanes) is 2. The largest absolute Gasteiger partial charge is 0.491 e. The molecule has 0 aliphatic rings. The number of anilines is 1. The first-order valence-electron chi connectivity index (χ1n) is 8.75. The van der Waals surface area contributed by atoms with Crippen LogP contribution in [0.15, 0.2) is 53.3 Å². The van der Waals surface area contributed by atoms with E-state index in [1.165, 1.54) is 0 Å². The van der Waals surface area contributed by atoms with E-state index < -0.39 is 5.97 Å². The van der Waals surface area contributed by atoms with Crippen molar-refractivity contribution < 1.29 is 19.1 Å². The molecule has 28 heavy (non-hydrogen) atoms. The standard InChI is InChI=1S/C21H19N3O4/c22-17-8-4-5-9-19(17)27-12-6-2-1-3-7-16-13-15(10-11-23-16)20-24-18(14-28-20)21(25)26/h4-5,8-11,13-14H,1-2,6,12,22H2,(H,25,26). The maximum Gasteiger partial charge on any atom is 0.357 e. The number of carboxylic acid groups (broad SMARTS) is 1. The number of nitrogen functional groups attached to an aromatic ring is 1. The molecule has 1 aromatic carbocycles. The fraction of sp³-hybridized carbons (Fsp3) is 0.190. The Morgan fingerprint density at radius 2 is 2.11 bits per heavy atom. The highest BCUT2D eigenvalue weighted by molar-refractivity contribution is 5.85. The molecule has 0 unspecified atom stereocenters. The van der Waals surface area contributed by atoms with Crippen molar-refractivity contribution in [2.45, 2.75) is 19.3 Å². The zero-order chi connectivity index (χ0) is 19.8. The summed E-state index contributed by atoms with van der Waals surface area (Å²) in [6, 6.07) is 10.8. The number of carboxylic acids is 1. The lowest BCUT2D eigenvalue weighted by Gasteiger charge is -2.07. The van der Waals surface area contributed by atoms with Crippen molar-refractivity contribution in [3.8, 4) is 29.0 Å². The molecule has 0 spiro atoms. The predicted molar refractivity (Wildman–Crippen MR) is 104 cm³/mol. The number of nitrogens with two attached hydrogens (primary N) is 1. The molecule has 0 aliphatic carbocycles. The maximum atomic E-state index is 10.9. The second-order valence-corrected chi connectivity index (χ2v) is 5.92. The zero-order valence-corrected chi connectivity index (χ0v) is 15.1. The molecule has 0 atom stereocenters. The molecule has 2 heterocycles. The number of nitrogens with zero attached hydrogens (tertiary/aromatic N) is 2. The van der Waals surface area contributed by atoms with Crippen LogP contribution in [0.25, 0.3) is 11.5 Å². The van der Waals surface area contributed by atoms with E-state index in [4.69, 9.17) is 20.0 Å². The number of hydrogen-bond acceptors (Lipinski definition) is 6. The second kappa shape index (κ2) is 9.24. The van der Waals surface area contributed by atoms with Crippen molar-refractivity contribution in [1.29, 1.82) is 0 Å². The van der Waals surface area contributed by atoms with Gasteiger partial charge in [-0.05, 0) is 43.0 Å². The van der Waals surface area contributed by atoms with Crippen molar-refractivity contribution in [2.75, 3.05) is 12.3 Å². The molecule has 0 saturated heterocycles. The highest BCUT2D eigenvalue weighted by Gasteiger charge is 2.12. The van der Waals surface area contributed by atoms with E-state index in [-0.39, 0.29) is 11.6 Å².